The van der Waals surface area contributed by atoms with Gasteiger partial charge in [-0.15, -0.1) is 0 Å². The molecule has 0 amide bonds. The lowest BCUT2D eigenvalue weighted by molar-refractivity contribution is 0.0894. The molecule has 1 unspecified atom stereocenters. The van der Waals surface area contributed by atoms with Crippen LogP contribution in [0.2, 0.25) is 0 Å². The number of benzene rings is 1. The van der Waals surface area contributed by atoms with Crippen molar-refractivity contribution >= 4 is 15.9 Å². The highest BCUT2D eigenvalue weighted by atomic mass is 79.9. The van der Waals surface area contributed by atoms with Gasteiger partial charge in [-0.3, -0.25) is 0 Å². The molecular weight excluding hydrogens is 252 g/mol. The molecule has 1 aromatic rings. The summed E-state index contributed by atoms with van der Waals surface area (Å²) in [5, 5.41) is 0. The minimum Gasteiger partial charge on any atom is -0.329 e. The van der Waals surface area contributed by atoms with E-state index in [9.17, 15) is 8.78 Å². The van der Waals surface area contributed by atoms with Gasteiger partial charge in [0.05, 0.1) is 5.41 Å². The normalized spacial score (nSPS) is 28.9. The molecule has 0 spiro atoms. The highest BCUT2D eigenvalue weighted by Crippen LogP contribution is 2.61. The molecule has 1 atom stereocenters. The molecule has 1 aliphatic rings. The van der Waals surface area contributed by atoms with Crippen LogP contribution < -0.4 is 5.73 Å². The van der Waals surface area contributed by atoms with Gasteiger partial charge in [-0.25, -0.2) is 8.78 Å². The fourth-order valence-corrected chi connectivity index (χ4v) is 2.47. The average molecular weight is 262 g/mol. The number of nitrogens with two attached hydrogens (primary N) is 1. The minimum absolute atomic E-state index is 0.0113. The van der Waals surface area contributed by atoms with E-state index in [4.69, 9.17) is 5.73 Å². The molecule has 76 valence electrons. The van der Waals surface area contributed by atoms with Crippen LogP contribution in [0.4, 0.5) is 8.78 Å². The van der Waals surface area contributed by atoms with Crippen molar-refractivity contribution in [2.24, 2.45) is 5.73 Å². The third-order valence-electron chi connectivity index (χ3n) is 2.84. The first-order valence-electron chi connectivity index (χ1n) is 4.36. The van der Waals surface area contributed by atoms with Crippen molar-refractivity contribution in [2.45, 2.75) is 17.8 Å². The highest BCUT2D eigenvalue weighted by molar-refractivity contribution is 9.10. The SMILES string of the molecule is NCC1(c2ccccc2Br)CC1(F)F. The van der Waals surface area contributed by atoms with Gasteiger partial charge in [-0.2, -0.15) is 0 Å². The smallest absolute Gasteiger partial charge is 0.260 e. The Balaban J connectivity index is 2.46. The minimum atomic E-state index is -2.65. The van der Waals surface area contributed by atoms with Crippen LogP contribution in [0.3, 0.4) is 0 Å². The molecule has 2 rings (SSSR count). The van der Waals surface area contributed by atoms with E-state index in [0.29, 0.717) is 10.0 Å². The Morgan fingerprint density at radius 3 is 2.36 bits per heavy atom. The van der Waals surface area contributed by atoms with Gasteiger partial charge in [0, 0.05) is 17.4 Å². The number of hydrogen-bond acceptors (Lipinski definition) is 1. The van der Waals surface area contributed by atoms with Crippen molar-refractivity contribution in [3.05, 3.63) is 34.3 Å². The summed E-state index contributed by atoms with van der Waals surface area (Å²) >= 11 is 3.28. The Labute approximate surface area is 89.4 Å². The van der Waals surface area contributed by atoms with E-state index in [1.165, 1.54) is 0 Å². The average Bonchev–Trinajstić information content (AvgIpc) is 2.70. The van der Waals surface area contributed by atoms with E-state index in [1.54, 1.807) is 24.3 Å². The summed E-state index contributed by atoms with van der Waals surface area (Å²) in [6.45, 7) is -0.0113. The summed E-state index contributed by atoms with van der Waals surface area (Å²) in [7, 11) is 0. The van der Waals surface area contributed by atoms with Gasteiger partial charge < -0.3 is 5.73 Å². The van der Waals surface area contributed by atoms with E-state index < -0.39 is 11.3 Å². The van der Waals surface area contributed by atoms with Crippen molar-refractivity contribution in [3.63, 3.8) is 0 Å². The van der Waals surface area contributed by atoms with Crippen LogP contribution in [0.25, 0.3) is 0 Å². The Hall–Kier alpha value is -0.480. The largest absolute Gasteiger partial charge is 0.329 e. The zero-order valence-electron chi connectivity index (χ0n) is 7.43. The summed E-state index contributed by atoms with van der Waals surface area (Å²) in [6, 6.07) is 7.03. The molecular formula is C10H10BrF2N. The number of hydrogen-bond donors (Lipinski definition) is 1. The molecule has 1 fully saturated rings. The van der Waals surface area contributed by atoms with Gasteiger partial charge in [-0.1, -0.05) is 34.1 Å². The quantitative estimate of drug-likeness (QED) is 0.871. The van der Waals surface area contributed by atoms with Crippen LogP contribution in [0, 0.1) is 0 Å². The lowest BCUT2D eigenvalue weighted by atomic mass is 9.95. The fourth-order valence-electron chi connectivity index (χ4n) is 1.81. The molecule has 0 aliphatic heterocycles. The van der Waals surface area contributed by atoms with Gasteiger partial charge in [-0.05, 0) is 11.6 Å². The standard InChI is InChI=1S/C10H10BrF2N/c11-8-4-2-1-3-7(8)9(6-14)5-10(9,12)13/h1-4H,5-6,14H2. The molecule has 2 N–H and O–H groups in total. The van der Waals surface area contributed by atoms with Gasteiger partial charge >= 0.3 is 0 Å². The third-order valence-corrected chi connectivity index (χ3v) is 3.53. The van der Waals surface area contributed by atoms with Crippen LogP contribution in [0.1, 0.15) is 12.0 Å². The van der Waals surface area contributed by atoms with Crippen LogP contribution in [-0.2, 0) is 5.41 Å². The van der Waals surface area contributed by atoms with E-state index in [1.807, 2.05) is 0 Å². The van der Waals surface area contributed by atoms with Crippen molar-refractivity contribution in [2.75, 3.05) is 6.54 Å². The first kappa shape index (κ1) is 10.1. The topological polar surface area (TPSA) is 26.0 Å². The maximum Gasteiger partial charge on any atom is 0.260 e. The van der Waals surface area contributed by atoms with Crippen LogP contribution in [0.5, 0.6) is 0 Å². The van der Waals surface area contributed by atoms with Crippen molar-refractivity contribution in [1.82, 2.24) is 0 Å². The number of alkyl halides is 2. The first-order valence-corrected chi connectivity index (χ1v) is 5.16. The van der Waals surface area contributed by atoms with E-state index in [2.05, 4.69) is 15.9 Å². The number of halogens is 3. The molecule has 14 heavy (non-hydrogen) atoms. The molecule has 0 bridgehead atoms. The molecule has 0 aromatic heterocycles. The van der Waals surface area contributed by atoms with Gasteiger partial charge in [0.1, 0.15) is 0 Å². The monoisotopic (exact) mass is 261 g/mol. The molecule has 4 heteroatoms. The second kappa shape index (κ2) is 3.00. The van der Waals surface area contributed by atoms with Crippen molar-refractivity contribution < 1.29 is 8.78 Å². The maximum absolute atomic E-state index is 13.2. The molecule has 0 heterocycles. The summed E-state index contributed by atoms with van der Waals surface area (Å²) in [5.41, 5.74) is 4.93. The Bertz CT molecular complexity index is 367. The zero-order valence-corrected chi connectivity index (χ0v) is 9.02. The lowest BCUT2D eigenvalue weighted by Gasteiger charge is -2.15. The predicted molar refractivity (Wildman–Crippen MR) is 54.4 cm³/mol. The van der Waals surface area contributed by atoms with E-state index in [0.717, 1.165) is 0 Å². The van der Waals surface area contributed by atoms with Crippen molar-refractivity contribution in [1.29, 1.82) is 0 Å². The second-order valence-corrected chi connectivity index (χ2v) is 4.50. The molecule has 0 radical (unpaired) electrons. The predicted octanol–water partition coefficient (Wildman–Crippen LogP) is 2.68. The molecule has 1 aliphatic carbocycles. The molecule has 1 nitrogen and oxygen atoms in total. The summed E-state index contributed by atoms with van der Waals surface area (Å²) in [6.07, 6.45) is -0.140. The molecule has 1 aromatic carbocycles. The lowest BCUT2D eigenvalue weighted by Crippen LogP contribution is -2.27. The molecule has 0 saturated heterocycles. The van der Waals surface area contributed by atoms with Gasteiger partial charge in [0.15, 0.2) is 0 Å². The zero-order chi connectivity index (χ0) is 10.4. The first-order chi connectivity index (χ1) is 6.53. The van der Waals surface area contributed by atoms with Gasteiger partial charge in [0.25, 0.3) is 5.92 Å². The maximum atomic E-state index is 13.2. The van der Waals surface area contributed by atoms with Crippen molar-refractivity contribution in [3.8, 4) is 0 Å². The summed E-state index contributed by atoms with van der Waals surface area (Å²) < 4.78 is 27.1. The highest BCUT2D eigenvalue weighted by Gasteiger charge is 2.71. The summed E-state index contributed by atoms with van der Waals surface area (Å²) in [5.74, 6) is -2.65. The third kappa shape index (κ3) is 1.21. The van der Waals surface area contributed by atoms with Gasteiger partial charge in [0.2, 0.25) is 0 Å². The van der Waals surface area contributed by atoms with E-state index in [-0.39, 0.29) is 13.0 Å². The second-order valence-electron chi connectivity index (χ2n) is 3.65. The fraction of sp³-hybridized carbons (Fsp3) is 0.400. The Kier molecular flexibility index (Phi) is 2.16. The van der Waals surface area contributed by atoms with E-state index >= 15 is 0 Å². The summed E-state index contributed by atoms with van der Waals surface area (Å²) in [4.78, 5) is 0. The number of rotatable bonds is 2. The Morgan fingerprint density at radius 1 is 1.36 bits per heavy atom. The molecule has 1 saturated carbocycles. The Morgan fingerprint density at radius 2 is 1.93 bits per heavy atom. The van der Waals surface area contributed by atoms with Crippen LogP contribution >= 0.6 is 15.9 Å². The van der Waals surface area contributed by atoms with Crippen LogP contribution in [-0.4, -0.2) is 12.5 Å². The van der Waals surface area contributed by atoms with Crippen LogP contribution in [0.15, 0.2) is 28.7 Å².